The lowest BCUT2D eigenvalue weighted by Crippen LogP contribution is -2.56. The van der Waals surface area contributed by atoms with Gasteiger partial charge in [-0.25, -0.2) is 14.6 Å². The Morgan fingerprint density at radius 1 is 0.927 bits per heavy atom. The van der Waals surface area contributed by atoms with Crippen LogP contribution >= 0.6 is 0 Å². The van der Waals surface area contributed by atoms with E-state index in [4.69, 9.17) is 19.2 Å². The third-order valence-electron chi connectivity index (χ3n) is 10.4. The summed E-state index contributed by atoms with van der Waals surface area (Å²) in [7, 11) is 2.85. The fourth-order valence-electron chi connectivity index (χ4n) is 7.41. The maximum Gasteiger partial charge on any atom is 0.328 e. The van der Waals surface area contributed by atoms with E-state index in [1.807, 2.05) is 43.3 Å². The largest absolute Gasteiger partial charge is 0.497 e. The first-order valence-electron chi connectivity index (χ1n) is 19.1. The van der Waals surface area contributed by atoms with Gasteiger partial charge in [-0.3, -0.25) is 14.4 Å². The van der Waals surface area contributed by atoms with E-state index < -0.39 is 65.7 Å². The zero-order chi connectivity index (χ0) is 39.6. The van der Waals surface area contributed by atoms with Gasteiger partial charge in [-0.1, -0.05) is 76.8 Å². The van der Waals surface area contributed by atoms with Crippen molar-refractivity contribution in [3.05, 3.63) is 66.2 Å². The van der Waals surface area contributed by atoms with Gasteiger partial charge in [-0.05, 0) is 49.3 Å². The van der Waals surface area contributed by atoms with Gasteiger partial charge in [0.1, 0.15) is 35.7 Å². The molecule has 55 heavy (non-hydrogen) atoms. The Morgan fingerprint density at radius 3 is 2.29 bits per heavy atom. The van der Waals surface area contributed by atoms with Crippen LogP contribution in [0.1, 0.15) is 72.1 Å². The number of esters is 1. The second-order valence-corrected chi connectivity index (χ2v) is 14.6. The van der Waals surface area contributed by atoms with Crippen LogP contribution in [0, 0.1) is 17.8 Å². The van der Waals surface area contributed by atoms with Gasteiger partial charge in [0.15, 0.2) is 0 Å². The van der Waals surface area contributed by atoms with E-state index in [-0.39, 0.29) is 24.3 Å². The molecule has 0 spiro atoms. The molecule has 2 aliphatic carbocycles. The van der Waals surface area contributed by atoms with Crippen molar-refractivity contribution in [2.75, 3.05) is 14.2 Å². The molecule has 0 saturated heterocycles. The number of carboxylic acids is 1. The zero-order valence-corrected chi connectivity index (χ0v) is 32.1. The smallest absolute Gasteiger partial charge is 0.328 e. The van der Waals surface area contributed by atoms with Gasteiger partial charge in [0, 0.05) is 35.1 Å². The molecule has 13 heteroatoms. The third kappa shape index (κ3) is 10.00. The van der Waals surface area contributed by atoms with Crippen LogP contribution in [0.3, 0.4) is 0 Å². The number of benzene rings is 2. The number of nitrogens with zero attached hydrogens (tertiary/aromatic N) is 1. The predicted molar refractivity (Wildman–Crippen MR) is 206 cm³/mol. The second kappa shape index (κ2) is 18.7. The van der Waals surface area contributed by atoms with Gasteiger partial charge >= 0.3 is 11.9 Å². The molecule has 3 aromatic rings. The van der Waals surface area contributed by atoms with E-state index in [9.17, 15) is 29.1 Å². The van der Waals surface area contributed by atoms with Crippen LogP contribution in [-0.4, -0.2) is 78.2 Å². The molecule has 13 nitrogen and oxygen atoms in total. The van der Waals surface area contributed by atoms with Crippen molar-refractivity contribution in [2.45, 2.75) is 96.4 Å². The molecule has 2 unspecified atom stereocenters. The Bertz CT molecular complexity index is 1890. The van der Waals surface area contributed by atoms with E-state index in [0.29, 0.717) is 34.5 Å². The van der Waals surface area contributed by atoms with Gasteiger partial charge in [0.05, 0.1) is 31.3 Å². The van der Waals surface area contributed by atoms with Gasteiger partial charge < -0.3 is 35.3 Å². The molecule has 0 bridgehead atoms. The zero-order valence-electron chi connectivity index (χ0n) is 32.1. The molecular formula is C42H52N4O9. The fourth-order valence-corrected chi connectivity index (χ4v) is 7.41. The second-order valence-electron chi connectivity index (χ2n) is 14.6. The topological polar surface area (TPSA) is 182 Å². The number of rotatable bonds is 16. The normalized spacial score (nSPS) is 18.8. The van der Waals surface area contributed by atoms with E-state index in [2.05, 4.69) is 16.0 Å². The van der Waals surface area contributed by atoms with Crippen LogP contribution in [-0.2, 0) is 28.7 Å². The summed E-state index contributed by atoms with van der Waals surface area (Å²) in [5, 5.41) is 18.8. The molecule has 1 heterocycles. The summed E-state index contributed by atoms with van der Waals surface area (Å²) in [5.74, 6) is -4.10. The first-order valence-corrected chi connectivity index (χ1v) is 19.1. The highest BCUT2D eigenvalue weighted by atomic mass is 16.5. The molecule has 1 saturated carbocycles. The molecule has 3 amide bonds. The number of nitrogens with one attached hydrogen (secondary N) is 3. The first-order chi connectivity index (χ1) is 26.4. The number of amides is 3. The van der Waals surface area contributed by atoms with Crippen molar-refractivity contribution >= 4 is 40.6 Å². The van der Waals surface area contributed by atoms with Crippen molar-refractivity contribution in [3.63, 3.8) is 0 Å². The quantitative estimate of drug-likeness (QED) is 0.139. The van der Waals surface area contributed by atoms with Gasteiger partial charge in [-0.15, -0.1) is 0 Å². The minimum absolute atomic E-state index is 0.0261. The number of carbonyl (C=O) groups is 5. The van der Waals surface area contributed by atoms with Crippen LogP contribution in [0.2, 0.25) is 0 Å². The van der Waals surface area contributed by atoms with Crippen molar-refractivity contribution < 1.29 is 43.3 Å². The number of carbonyl (C=O) groups excluding carboxylic acids is 4. The third-order valence-corrected chi connectivity index (χ3v) is 10.4. The maximum atomic E-state index is 14.2. The molecule has 2 aliphatic rings. The molecule has 0 aliphatic heterocycles. The lowest BCUT2D eigenvalue weighted by Gasteiger charge is -2.31. The number of aliphatic carboxylic acids is 1. The average Bonchev–Trinajstić information content (AvgIpc) is 3.62. The summed E-state index contributed by atoms with van der Waals surface area (Å²) < 4.78 is 17.1. The number of hydrogen-bond acceptors (Lipinski definition) is 9. The van der Waals surface area contributed by atoms with Gasteiger partial charge in [0.25, 0.3) is 0 Å². The highest BCUT2D eigenvalue weighted by molar-refractivity contribution is 6.03. The molecule has 1 aromatic heterocycles. The van der Waals surface area contributed by atoms with Crippen molar-refractivity contribution in [2.24, 2.45) is 17.8 Å². The minimum Gasteiger partial charge on any atom is -0.497 e. The highest BCUT2D eigenvalue weighted by Crippen LogP contribution is 2.36. The number of carboxylic acid groups (broad SMARTS) is 1. The summed E-state index contributed by atoms with van der Waals surface area (Å²) in [6.07, 6.45) is 5.99. The lowest BCUT2D eigenvalue weighted by molar-refractivity contribution is -0.147. The number of hydrogen-bond donors (Lipinski definition) is 4. The van der Waals surface area contributed by atoms with E-state index >= 15 is 0 Å². The van der Waals surface area contributed by atoms with Crippen LogP contribution in [0.4, 0.5) is 0 Å². The lowest BCUT2D eigenvalue weighted by atomic mass is 9.83. The number of methoxy groups -OCH3 is 2. The van der Waals surface area contributed by atoms with Crippen molar-refractivity contribution in [1.29, 1.82) is 0 Å². The Morgan fingerprint density at radius 2 is 1.65 bits per heavy atom. The average molecular weight is 757 g/mol. The standard InChI is InChI=1S/C42H52N4O9/c1-6-13-32(41(50)51)44-38(47)30-20-28(55-35-23-33(25-14-9-7-10-15-25)43-34-22-27(53-4)18-19-29(34)35)21-31(30)39(48)45-36(24(2)3)40(49)46-37(42(52)54-5)26-16-11-8-12-17-26/h7,9-10,14-15,18-19,21-24,26,28,30,32,36-37H,6,8,11-13,16-17,20H2,1-5H3,(H,44,47)(H,45,48)(H,46,49)(H,50,51)/t28-,30-,32-,36?,37?/m0/s1. The van der Waals surface area contributed by atoms with Crippen molar-refractivity contribution in [1.82, 2.24) is 20.9 Å². The van der Waals surface area contributed by atoms with Gasteiger partial charge in [0.2, 0.25) is 17.7 Å². The van der Waals surface area contributed by atoms with E-state index in [1.54, 1.807) is 45.2 Å². The van der Waals surface area contributed by atoms with E-state index in [0.717, 1.165) is 37.7 Å². The number of fused-ring (bicyclic) bond motifs is 1. The molecule has 0 radical (unpaired) electrons. The number of ether oxygens (including phenoxy) is 3. The molecule has 4 N–H and O–H groups in total. The molecule has 2 aromatic carbocycles. The summed E-state index contributed by atoms with van der Waals surface area (Å²) in [4.78, 5) is 71.5. The highest BCUT2D eigenvalue weighted by Gasteiger charge is 2.40. The Kier molecular flexibility index (Phi) is 13.9. The molecule has 5 rings (SSSR count). The first kappa shape index (κ1) is 40.7. The Hall–Kier alpha value is -5.46. The molecular weight excluding hydrogens is 704 g/mol. The van der Waals surface area contributed by atoms with Crippen LogP contribution in [0.15, 0.2) is 66.2 Å². The number of pyridine rings is 1. The monoisotopic (exact) mass is 756 g/mol. The summed E-state index contributed by atoms with van der Waals surface area (Å²) in [6, 6.07) is 13.7. The molecule has 5 atom stereocenters. The SMILES string of the molecule is CCC[C@H](NC(=O)[C@H]1C[C@H](Oc2cc(-c3ccccc3)nc3cc(OC)ccc23)C=C1C(=O)NC(C(=O)NC(C(=O)OC)C1CCCCC1)C(C)C)C(=O)O. The van der Waals surface area contributed by atoms with Crippen LogP contribution in [0.25, 0.3) is 22.2 Å². The van der Waals surface area contributed by atoms with Crippen LogP contribution in [0.5, 0.6) is 11.5 Å². The van der Waals surface area contributed by atoms with E-state index in [1.165, 1.54) is 7.11 Å². The minimum atomic E-state index is -1.18. The number of aromatic nitrogens is 1. The summed E-state index contributed by atoms with van der Waals surface area (Å²) in [5.41, 5.74) is 2.14. The predicted octanol–water partition coefficient (Wildman–Crippen LogP) is 5.35. The Labute approximate surface area is 321 Å². The maximum absolute atomic E-state index is 14.2. The van der Waals surface area contributed by atoms with Crippen LogP contribution < -0.4 is 25.4 Å². The molecule has 294 valence electrons. The Balaban J connectivity index is 1.46. The summed E-state index contributed by atoms with van der Waals surface area (Å²) >= 11 is 0. The summed E-state index contributed by atoms with van der Waals surface area (Å²) in [6.45, 7) is 5.36. The van der Waals surface area contributed by atoms with Gasteiger partial charge in [-0.2, -0.15) is 0 Å². The van der Waals surface area contributed by atoms with Crippen molar-refractivity contribution in [3.8, 4) is 22.8 Å². The molecule has 1 fully saturated rings. The fraction of sp³-hybridized carbons (Fsp3) is 0.476.